The number of sulfonamides is 1. The Morgan fingerprint density at radius 1 is 1.22 bits per heavy atom. The van der Waals surface area contributed by atoms with E-state index >= 15 is 0 Å². The minimum atomic E-state index is -3.93. The highest BCUT2D eigenvalue weighted by atomic mass is 32.2. The van der Waals surface area contributed by atoms with Crippen molar-refractivity contribution >= 4 is 27.3 Å². The highest BCUT2D eigenvalue weighted by Gasteiger charge is 2.24. The van der Waals surface area contributed by atoms with Crippen LogP contribution in [0.15, 0.2) is 47.4 Å². The van der Waals surface area contributed by atoms with Crippen molar-refractivity contribution in [2.45, 2.75) is 17.9 Å². The van der Waals surface area contributed by atoms with Gasteiger partial charge in [0.2, 0.25) is 0 Å². The van der Waals surface area contributed by atoms with Crippen LogP contribution in [0.1, 0.15) is 6.92 Å². The van der Waals surface area contributed by atoms with Gasteiger partial charge in [0, 0.05) is 0 Å². The van der Waals surface area contributed by atoms with Crippen molar-refractivity contribution in [3.8, 4) is 5.75 Å². The predicted octanol–water partition coefficient (Wildman–Crippen LogP) is 2.35. The Bertz CT molecular complexity index is 883. The predicted molar refractivity (Wildman–Crippen MR) is 82.4 cm³/mol. The average Bonchev–Trinajstić information content (AvgIpc) is 2.48. The summed E-state index contributed by atoms with van der Waals surface area (Å²) in [5.74, 6) is -0.513. The van der Waals surface area contributed by atoms with Crippen LogP contribution in [0.5, 0.6) is 5.75 Å². The third-order valence-corrected chi connectivity index (χ3v) is 4.65. The summed E-state index contributed by atoms with van der Waals surface area (Å²) in [4.78, 5) is 11.4. The van der Waals surface area contributed by atoms with Gasteiger partial charge in [-0.25, -0.2) is 12.8 Å². The first-order chi connectivity index (χ1) is 10.8. The van der Waals surface area contributed by atoms with Crippen LogP contribution in [-0.2, 0) is 14.8 Å². The Labute approximate surface area is 132 Å². The number of fused-ring (bicyclic) bond motifs is 1. The van der Waals surface area contributed by atoms with E-state index < -0.39 is 21.9 Å². The zero-order chi connectivity index (χ0) is 16.6. The van der Waals surface area contributed by atoms with E-state index in [1.165, 1.54) is 24.3 Å². The van der Waals surface area contributed by atoms with E-state index in [1.54, 1.807) is 13.0 Å². The van der Waals surface area contributed by atoms with Gasteiger partial charge in [-0.15, -0.1) is 0 Å². The number of hydrogen-bond donors (Lipinski definition) is 2. The van der Waals surface area contributed by atoms with E-state index in [0.717, 1.165) is 12.1 Å². The van der Waals surface area contributed by atoms with Gasteiger partial charge >= 0.3 is 0 Å². The normalized spacial score (nSPS) is 17.0. The Morgan fingerprint density at radius 3 is 2.74 bits per heavy atom. The topological polar surface area (TPSA) is 84.5 Å². The maximum absolute atomic E-state index is 13.2. The van der Waals surface area contributed by atoms with Gasteiger partial charge in [-0.3, -0.25) is 9.52 Å². The Hall–Kier alpha value is -2.61. The average molecular weight is 336 g/mol. The molecule has 0 bridgehead atoms. The third kappa shape index (κ3) is 3.11. The molecule has 2 N–H and O–H groups in total. The van der Waals surface area contributed by atoms with Crippen LogP contribution < -0.4 is 14.8 Å². The molecule has 0 saturated heterocycles. The summed E-state index contributed by atoms with van der Waals surface area (Å²) in [6.07, 6.45) is -0.614. The first-order valence-electron chi connectivity index (χ1n) is 6.75. The number of rotatable bonds is 3. The number of anilines is 2. The number of halogens is 1. The number of amides is 1. The Morgan fingerprint density at radius 2 is 2.00 bits per heavy atom. The lowest BCUT2D eigenvalue weighted by Crippen LogP contribution is -2.34. The van der Waals surface area contributed by atoms with E-state index in [9.17, 15) is 17.6 Å². The fourth-order valence-electron chi connectivity index (χ4n) is 2.12. The third-order valence-electron chi connectivity index (χ3n) is 3.27. The number of hydrogen-bond acceptors (Lipinski definition) is 4. The van der Waals surface area contributed by atoms with E-state index in [4.69, 9.17) is 4.74 Å². The molecule has 1 aliphatic heterocycles. The molecule has 8 heteroatoms. The summed E-state index contributed by atoms with van der Waals surface area (Å²) in [5.41, 5.74) is 0.596. The second kappa shape index (κ2) is 5.54. The van der Waals surface area contributed by atoms with Crippen molar-refractivity contribution in [1.29, 1.82) is 0 Å². The van der Waals surface area contributed by atoms with Crippen LogP contribution in [0.25, 0.3) is 0 Å². The van der Waals surface area contributed by atoms with Gasteiger partial charge in [0.25, 0.3) is 15.9 Å². The Balaban J connectivity index is 1.89. The summed E-state index contributed by atoms with van der Waals surface area (Å²) < 4.78 is 45.4. The zero-order valence-electron chi connectivity index (χ0n) is 12.0. The van der Waals surface area contributed by atoms with E-state index in [1.807, 2.05) is 0 Å². The van der Waals surface area contributed by atoms with Crippen molar-refractivity contribution in [3.05, 3.63) is 48.3 Å². The first-order valence-corrected chi connectivity index (χ1v) is 8.23. The minimum Gasteiger partial charge on any atom is -0.479 e. The minimum absolute atomic E-state index is 0.191. The quantitative estimate of drug-likeness (QED) is 0.901. The van der Waals surface area contributed by atoms with Crippen molar-refractivity contribution in [1.82, 2.24) is 0 Å². The number of carbonyl (C=O) groups excluding carboxylic acids is 1. The molecule has 0 aromatic heterocycles. The van der Waals surface area contributed by atoms with Gasteiger partial charge in [-0.1, -0.05) is 6.07 Å². The largest absolute Gasteiger partial charge is 0.479 e. The number of carbonyl (C=O) groups is 1. The molecular formula is C15H13FN2O4S. The van der Waals surface area contributed by atoms with Crippen molar-refractivity contribution in [3.63, 3.8) is 0 Å². The molecule has 1 atom stereocenters. The molecule has 1 unspecified atom stereocenters. The summed E-state index contributed by atoms with van der Waals surface area (Å²) in [5, 5.41) is 2.63. The molecule has 2 aromatic carbocycles. The van der Waals surface area contributed by atoms with Gasteiger partial charge in [-0.2, -0.15) is 0 Å². The molecule has 23 heavy (non-hydrogen) atoms. The van der Waals surface area contributed by atoms with Crippen LogP contribution in [0, 0.1) is 5.82 Å². The van der Waals surface area contributed by atoms with Gasteiger partial charge < -0.3 is 10.1 Å². The summed E-state index contributed by atoms with van der Waals surface area (Å²) >= 11 is 0. The summed E-state index contributed by atoms with van der Waals surface area (Å²) in [7, 11) is -3.93. The maximum atomic E-state index is 13.2. The molecule has 1 amide bonds. The molecule has 1 aliphatic rings. The SMILES string of the molecule is CC1Oc2ccc(NS(=O)(=O)c3cccc(F)c3)cc2NC1=O. The van der Waals surface area contributed by atoms with Crippen LogP contribution in [0.4, 0.5) is 15.8 Å². The first kappa shape index (κ1) is 15.3. The molecule has 2 aromatic rings. The second-order valence-electron chi connectivity index (χ2n) is 5.02. The van der Waals surface area contributed by atoms with Gasteiger partial charge in [0.05, 0.1) is 16.3 Å². The Kier molecular flexibility index (Phi) is 3.69. The van der Waals surface area contributed by atoms with Crippen molar-refractivity contribution in [2.24, 2.45) is 0 Å². The monoisotopic (exact) mass is 336 g/mol. The molecular weight excluding hydrogens is 323 g/mol. The van der Waals surface area contributed by atoms with E-state index in [-0.39, 0.29) is 16.5 Å². The highest BCUT2D eigenvalue weighted by Crippen LogP contribution is 2.32. The molecule has 0 saturated carbocycles. The van der Waals surface area contributed by atoms with E-state index in [0.29, 0.717) is 11.4 Å². The molecule has 0 radical (unpaired) electrons. The molecule has 0 fully saturated rings. The van der Waals surface area contributed by atoms with Crippen LogP contribution in [-0.4, -0.2) is 20.4 Å². The molecule has 120 valence electrons. The van der Waals surface area contributed by atoms with Crippen LogP contribution >= 0.6 is 0 Å². The van der Waals surface area contributed by atoms with E-state index in [2.05, 4.69) is 10.0 Å². The number of ether oxygens (including phenoxy) is 1. The summed E-state index contributed by atoms with van der Waals surface area (Å²) in [6.45, 7) is 1.61. The fraction of sp³-hybridized carbons (Fsp3) is 0.133. The number of benzene rings is 2. The summed E-state index contributed by atoms with van der Waals surface area (Å²) in [6, 6.07) is 9.17. The molecule has 0 spiro atoms. The molecule has 1 heterocycles. The highest BCUT2D eigenvalue weighted by molar-refractivity contribution is 7.92. The molecule has 0 aliphatic carbocycles. The van der Waals surface area contributed by atoms with Gasteiger partial charge in [0.1, 0.15) is 11.6 Å². The van der Waals surface area contributed by atoms with Gasteiger partial charge in [-0.05, 0) is 43.3 Å². The van der Waals surface area contributed by atoms with Gasteiger partial charge in [0.15, 0.2) is 6.10 Å². The number of nitrogens with one attached hydrogen (secondary N) is 2. The van der Waals surface area contributed by atoms with Crippen molar-refractivity contribution in [2.75, 3.05) is 10.0 Å². The van der Waals surface area contributed by atoms with Crippen LogP contribution in [0.2, 0.25) is 0 Å². The standard InChI is InChI=1S/C15H13FN2O4S/c1-9-15(19)17-13-8-11(5-6-14(13)22-9)18-23(20,21)12-4-2-3-10(16)7-12/h2-9,18H,1H3,(H,17,19). The fourth-order valence-corrected chi connectivity index (χ4v) is 3.20. The zero-order valence-corrected chi connectivity index (χ0v) is 12.9. The smallest absolute Gasteiger partial charge is 0.265 e. The maximum Gasteiger partial charge on any atom is 0.265 e. The lowest BCUT2D eigenvalue weighted by Gasteiger charge is -2.23. The molecule has 3 rings (SSSR count). The lowest BCUT2D eigenvalue weighted by molar-refractivity contribution is -0.122. The molecule has 6 nitrogen and oxygen atoms in total. The van der Waals surface area contributed by atoms with Crippen molar-refractivity contribution < 1.29 is 22.3 Å². The van der Waals surface area contributed by atoms with Crippen LogP contribution in [0.3, 0.4) is 0 Å². The second-order valence-corrected chi connectivity index (χ2v) is 6.71. The lowest BCUT2D eigenvalue weighted by atomic mass is 10.2.